The van der Waals surface area contributed by atoms with Crippen molar-refractivity contribution in [3.63, 3.8) is 0 Å². The van der Waals surface area contributed by atoms with Gasteiger partial charge in [0.15, 0.2) is 0 Å². The fraction of sp³-hybridized carbons (Fsp3) is 0.111. The average molecular weight is 163 g/mol. The van der Waals surface area contributed by atoms with Crippen molar-refractivity contribution in [1.29, 1.82) is 0 Å². The van der Waals surface area contributed by atoms with Crippen LogP contribution in [0.5, 0.6) is 5.88 Å². The molecule has 0 radical (unpaired) electrons. The Kier molecular flexibility index (Phi) is 3.02. The van der Waals surface area contributed by atoms with E-state index in [1.807, 2.05) is 6.07 Å². The molecule has 0 N–H and O–H groups in total. The largest absolute Gasteiger partial charge is 0.481 e. The average Bonchev–Trinajstić information content (AvgIpc) is 2.15. The monoisotopic (exact) mass is 163 g/mol. The molecule has 1 aromatic heterocycles. The molecule has 0 unspecified atom stereocenters. The SMILES string of the molecule is COc1cccc(/C=C/C=O)n1. The van der Waals surface area contributed by atoms with Gasteiger partial charge >= 0.3 is 0 Å². The summed E-state index contributed by atoms with van der Waals surface area (Å²) >= 11 is 0. The van der Waals surface area contributed by atoms with Gasteiger partial charge in [0, 0.05) is 6.07 Å². The summed E-state index contributed by atoms with van der Waals surface area (Å²) in [5, 5.41) is 0. The topological polar surface area (TPSA) is 39.2 Å². The van der Waals surface area contributed by atoms with Crippen LogP contribution in [0.2, 0.25) is 0 Å². The Morgan fingerprint density at radius 3 is 3.00 bits per heavy atom. The highest BCUT2D eigenvalue weighted by molar-refractivity contribution is 5.72. The van der Waals surface area contributed by atoms with Gasteiger partial charge in [0.25, 0.3) is 0 Å². The molecule has 1 heterocycles. The van der Waals surface area contributed by atoms with Gasteiger partial charge in [0.1, 0.15) is 6.29 Å². The lowest BCUT2D eigenvalue weighted by Gasteiger charge is -1.97. The highest BCUT2D eigenvalue weighted by Gasteiger charge is 1.91. The van der Waals surface area contributed by atoms with Crippen molar-refractivity contribution < 1.29 is 9.53 Å². The third-order valence-corrected chi connectivity index (χ3v) is 1.30. The highest BCUT2D eigenvalue weighted by atomic mass is 16.5. The van der Waals surface area contributed by atoms with Gasteiger partial charge in [0.2, 0.25) is 5.88 Å². The Hall–Kier alpha value is -1.64. The number of carbonyl (C=O) groups excluding carboxylic acids is 1. The zero-order valence-electron chi connectivity index (χ0n) is 6.73. The third kappa shape index (κ3) is 2.20. The van der Waals surface area contributed by atoms with Crippen LogP contribution in [0.15, 0.2) is 24.3 Å². The number of aldehydes is 1. The Balaban J connectivity index is 2.86. The number of hydrogen-bond acceptors (Lipinski definition) is 3. The molecule has 0 aliphatic carbocycles. The molecule has 12 heavy (non-hydrogen) atoms. The van der Waals surface area contributed by atoms with E-state index in [1.165, 1.54) is 6.08 Å². The first-order chi connectivity index (χ1) is 5.86. The second-order valence-corrected chi connectivity index (χ2v) is 2.10. The zero-order chi connectivity index (χ0) is 8.81. The number of methoxy groups -OCH3 is 1. The Labute approximate surface area is 70.7 Å². The number of aromatic nitrogens is 1. The maximum absolute atomic E-state index is 9.99. The van der Waals surface area contributed by atoms with Crippen LogP contribution in [0.1, 0.15) is 5.69 Å². The summed E-state index contributed by atoms with van der Waals surface area (Å²) < 4.78 is 4.90. The molecule has 3 nitrogen and oxygen atoms in total. The molecule has 0 amide bonds. The van der Waals surface area contributed by atoms with Crippen LogP contribution in [-0.2, 0) is 4.79 Å². The van der Waals surface area contributed by atoms with Gasteiger partial charge in [-0.05, 0) is 18.2 Å². The van der Waals surface area contributed by atoms with Gasteiger partial charge in [-0.1, -0.05) is 6.07 Å². The van der Waals surface area contributed by atoms with Crippen molar-refractivity contribution in [2.24, 2.45) is 0 Å². The lowest BCUT2D eigenvalue weighted by Crippen LogP contribution is -1.88. The van der Waals surface area contributed by atoms with Crippen LogP contribution in [0.4, 0.5) is 0 Å². The van der Waals surface area contributed by atoms with Crippen LogP contribution in [0.25, 0.3) is 6.08 Å². The number of hydrogen-bond donors (Lipinski definition) is 0. The smallest absolute Gasteiger partial charge is 0.213 e. The number of rotatable bonds is 3. The van der Waals surface area contributed by atoms with Crippen LogP contribution < -0.4 is 4.74 Å². The van der Waals surface area contributed by atoms with Crippen LogP contribution in [0.3, 0.4) is 0 Å². The third-order valence-electron chi connectivity index (χ3n) is 1.30. The van der Waals surface area contributed by atoms with Crippen LogP contribution in [0, 0.1) is 0 Å². The predicted octanol–water partition coefficient (Wildman–Crippen LogP) is 1.30. The van der Waals surface area contributed by atoms with Crippen molar-refractivity contribution in [2.45, 2.75) is 0 Å². The molecular formula is C9H9NO2. The Bertz CT molecular complexity index is 294. The fourth-order valence-electron chi connectivity index (χ4n) is 0.775. The minimum atomic E-state index is 0.544. The molecule has 0 bridgehead atoms. The van der Waals surface area contributed by atoms with Gasteiger partial charge < -0.3 is 4.74 Å². The summed E-state index contributed by atoms with van der Waals surface area (Å²) in [6.45, 7) is 0. The molecule has 1 rings (SSSR count). The van der Waals surface area contributed by atoms with Gasteiger partial charge in [-0.15, -0.1) is 0 Å². The van der Waals surface area contributed by atoms with E-state index >= 15 is 0 Å². The quantitative estimate of drug-likeness (QED) is 0.498. The second kappa shape index (κ2) is 4.28. The van der Waals surface area contributed by atoms with Gasteiger partial charge in [-0.25, -0.2) is 4.98 Å². The maximum atomic E-state index is 9.99. The van der Waals surface area contributed by atoms with Crippen molar-refractivity contribution in [2.75, 3.05) is 7.11 Å². The minimum absolute atomic E-state index is 0.544. The molecule has 1 aromatic rings. The molecule has 0 aliphatic heterocycles. The van der Waals surface area contributed by atoms with E-state index in [0.29, 0.717) is 17.9 Å². The molecular weight excluding hydrogens is 154 g/mol. The highest BCUT2D eigenvalue weighted by Crippen LogP contribution is 2.07. The molecule has 0 spiro atoms. The summed E-state index contributed by atoms with van der Waals surface area (Å²) in [6.07, 6.45) is 3.72. The van der Waals surface area contributed by atoms with E-state index in [2.05, 4.69) is 4.98 Å². The first-order valence-corrected chi connectivity index (χ1v) is 3.49. The summed E-state index contributed by atoms with van der Waals surface area (Å²) in [4.78, 5) is 14.0. The van der Waals surface area contributed by atoms with Crippen molar-refractivity contribution in [1.82, 2.24) is 4.98 Å². The summed E-state index contributed by atoms with van der Waals surface area (Å²) in [6, 6.07) is 5.36. The van der Waals surface area contributed by atoms with E-state index < -0.39 is 0 Å². The molecule has 0 fully saturated rings. The van der Waals surface area contributed by atoms with E-state index in [4.69, 9.17) is 4.74 Å². The van der Waals surface area contributed by atoms with E-state index in [0.717, 1.165) is 0 Å². The second-order valence-electron chi connectivity index (χ2n) is 2.10. The number of ether oxygens (including phenoxy) is 1. The molecule has 0 atom stereocenters. The van der Waals surface area contributed by atoms with Crippen LogP contribution >= 0.6 is 0 Å². The summed E-state index contributed by atoms with van der Waals surface area (Å²) in [5.74, 6) is 0.544. The first-order valence-electron chi connectivity index (χ1n) is 3.49. The van der Waals surface area contributed by atoms with Crippen molar-refractivity contribution in [3.05, 3.63) is 30.0 Å². The van der Waals surface area contributed by atoms with E-state index in [1.54, 1.807) is 25.3 Å². The molecule has 0 aromatic carbocycles. The molecule has 0 aliphatic rings. The van der Waals surface area contributed by atoms with Gasteiger partial charge in [-0.3, -0.25) is 4.79 Å². The number of nitrogens with zero attached hydrogens (tertiary/aromatic N) is 1. The van der Waals surface area contributed by atoms with Crippen molar-refractivity contribution >= 4 is 12.4 Å². The maximum Gasteiger partial charge on any atom is 0.213 e. The standard InChI is InChI=1S/C9H9NO2/c1-12-9-6-2-4-8(10-9)5-3-7-11/h2-7H,1H3/b5-3+. The molecule has 3 heteroatoms. The number of pyridine rings is 1. The Morgan fingerprint density at radius 1 is 1.50 bits per heavy atom. The minimum Gasteiger partial charge on any atom is -0.481 e. The summed E-state index contributed by atoms with van der Waals surface area (Å²) in [5.41, 5.74) is 0.710. The number of allylic oxidation sites excluding steroid dienone is 1. The first kappa shape index (κ1) is 8.46. The van der Waals surface area contributed by atoms with Crippen LogP contribution in [-0.4, -0.2) is 18.4 Å². The van der Waals surface area contributed by atoms with E-state index in [-0.39, 0.29) is 0 Å². The lowest BCUT2D eigenvalue weighted by atomic mass is 10.3. The zero-order valence-corrected chi connectivity index (χ0v) is 6.73. The molecule has 62 valence electrons. The molecule has 0 saturated carbocycles. The van der Waals surface area contributed by atoms with E-state index in [9.17, 15) is 4.79 Å². The lowest BCUT2D eigenvalue weighted by molar-refractivity contribution is -0.104. The van der Waals surface area contributed by atoms with Gasteiger partial charge in [0.05, 0.1) is 12.8 Å². The normalized spacial score (nSPS) is 10.1. The number of carbonyl (C=O) groups is 1. The Morgan fingerprint density at radius 2 is 2.33 bits per heavy atom. The fourth-order valence-corrected chi connectivity index (χ4v) is 0.775. The molecule has 0 saturated heterocycles. The van der Waals surface area contributed by atoms with Crippen molar-refractivity contribution in [3.8, 4) is 5.88 Å². The van der Waals surface area contributed by atoms with Gasteiger partial charge in [-0.2, -0.15) is 0 Å². The predicted molar refractivity (Wildman–Crippen MR) is 45.9 cm³/mol. The summed E-state index contributed by atoms with van der Waals surface area (Å²) in [7, 11) is 1.55.